The van der Waals surface area contributed by atoms with Crippen LogP contribution >= 0.6 is 11.6 Å². The second kappa shape index (κ2) is 21.5. The molecule has 1 aliphatic heterocycles. The molecular weight excluding hydrogens is 868 g/mol. The Morgan fingerprint density at radius 1 is 0.591 bits per heavy atom. The second-order valence-electron chi connectivity index (χ2n) is 15.4. The summed E-state index contributed by atoms with van der Waals surface area (Å²) in [6.45, 7) is 1.97. The molecule has 1 fully saturated rings. The van der Waals surface area contributed by atoms with Crippen molar-refractivity contribution in [1.29, 1.82) is 0 Å². The molecule has 66 heavy (non-hydrogen) atoms. The van der Waals surface area contributed by atoms with Crippen LogP contribution in [0.2, 0.25) is 5.02 Å². The normalized spacial score (nSPS) is 18.8. The molecule has 1 heterocycles. The average Bonchev–Trinajstić information content (AvgIpc) is 3.34. The fraction of sp³-hybridized carbons (Fsp3) is 0.212. The summed E-state index contributed by atoms with van der Waals surface area (Å²) < 4.78 is 49.0. The molecule has 14 heteroatoms. The number of benzene rings is 6. The molecule has 0 N–H and O–H groups in total. The van der Waals surface area contributed by atoms with E-state index in [1.807, 2.05) is 12.1 Å². The van der Waals surface area contributed by atoms with Crippen molar-refractivity contribution in [2.45, 2.75) is 57.1 Å². The van der Waals surface area contributed by atoms with Crippen molar-refractivity contribution in [3.8, 4) is 11.5 Å². The van der Waals surface area contributed by atoms with Gasteiger partial charge in [0.2, 0.25) is 12.4 Å². The predicted molar refractivity (Wildman–Crippen MR) is 240 cm³/mol. The highest BCUT2D eigenvalue weighted by molar-refractivity contribution is 6.31. The Morgan fingerprint density at radius 2 is 1.08 bits per heavy atom. The van der Waals surface area contributed by atoms with E-state index in [-0.39, 0.29) is 46.1 Å². The summed E-state index contributed by atoms with van der Waals surface area (Å²) in [7, 11) is 1.55. The number of rotatable bonds is 16. The molecule has 1 saturated heterocycles. The number of carbonyl (C=O) groups excluding carboxylic acids is 5. The fourth-order valence-electron chi connectivity index (χ4n) is 7.16. The minimum absolute atomic E-state index is 0.0997. The van der Waals surface area contributed by atoms with Gasteiger partial charge < -0.3 is 37.9 Å². The summed E-state index contributed by atoms with van der Waals surface area (Å²) in [5.41, 5.74) is 0.347. The highest BCUT2D eigenvalue weighted by Crippen LogP contribution is 2.40. The Labute approximate surface area is 386 Å². The van der Waals surface area contributed by atoms with Crippen LogP contribution in [0.25, 0.3) is 0 Å². The summed E-state index contributed by atoms with van der Waals surface area (Å²) in [5, 5.41) is 0.223. The standard InChI is InChI=1S/C52H45ClO13/c1-33(54)60-31-35-29-42(53)41(28-34-24-26-40(59-3)27-25-34)43(30-35)62-51-45(64-49(57)38-20-12-6-13-21-38)44(63-48(56)37-18-10-5-11-19-37)46(65-50(58)39-22-14-7-15-23-39)52(2,66-51)32-61-47(55)36-16-8-4-9-17-36/h4-27,29-30,44-46,51H,28,31-32H2,1-3H3/t44-,45-,46+,51+,52-/m1/s1. The highest BCUT2D eigenvalue weighted by atomic mass is 35.5. The minimum Gasteiger partial charge on any atom is -0.497 e. The molecule has 338 valence electrons. The lowest BCUT2D eigenvalue weighted by Gasteiger charge is -2.49. The van der Waals surface area contributed by atoms with Crippen molar-refractivity contribution in [2.24, 2.45) is 0 Å². The Morgan fingerprint density at radius 3 is 1.58 bits per heavy atom. The third kappa shape index (κ3) is 11.6. The summed E-state index contributed by atoms with van der Waals surface area (Å²) in [6, 6.07) is 42.8. The van der Waals surface area contributed by atoms with Gasteiger partial charge in [0.1, 0.15) is 30.3 Å². The van der Waals surface area contributed by atoms with Gasteiger partial charge in [0.15, 0.2) is 12.2 Å². The lowest BCUT2D eigenvalue weighted by atomic mass is 9.87. The summed E-state index contributed by atoms with van der Waals surface area (Å²) in [4.78, 5) is 68.0. The zero-order chi connectivity index (χ0) is 46.6. The molecular formula is C52H45ClO13. The maximum absolute atomic E-state index is 14.2. The van der Waals surface area contributed by atoms with Crippen molar-refractivity contribution < 1.29 is 61.9 Å². The van der Waals surface area contributed by atoms with E-state index in [0.29, 0.717) is 16.9 Å². The third-order valence-electron chi connectivity index (χ3n) is 10.6. The largest absolute Gasteiger partial charge is 0.497 e. The van der Waals surface area contributed by atoms with Gasteiger partial charge in [-0.05, 0) is 90.8 Å². The molecule has 1 aliphatic rings. The molecule has 6 aromatic carbocycles. The number of carbonyl (C=O) groups is 5. The molecule has 13 nitrogen and oxygen atoms in total. The van der Waals surface area contributed by atoms with Crippen LogP contribution in [0.4, 0.5) is 0 Å². The van der Waals surface area contributed by atoms with Crippen LogP contribution in [0.5, 0.6) is 11.5 Å². The molecule has 0 unspecified atom stereocenters. The molecule has 0 saturated carbocycles. The van der Waals surface area contributed by atoms with E-state index in [2.05, 4.69) is 0 Å². The fourth-order valence-corrected chi connectivity index (χ4v) is 7.46. The smallest absolute Gasteiger partial charge is 0.338 e. The second-order valence-corrected chi connectivity index (χ2v) is 15.8. The Bertz CT molecular complexity index is 2630. The number of methoxy groups -OCH3 is 1. The Hall–Kier alpha value is -7.48. The maximum Gasteiger partial charge on any atom is 0.338 e. The topological polar surface area (TPSA) is 159 Å². The van der Waals surface area contributed by atoms with E-state index in [0.717, 1.165) is 5.56 Å². The SMILES string of the molecule is COc1ccc(Cc2c(Cl)cc(COC(C)=O)cc2O[C@H]2O[C@](C)(COC(=O)c3ccccc3)[C@@H](OC(=O)c3ccccc3)[C@H](OC(=O)c3ccccc3)[C@H]2OC(=O)c2ccccc2)cc1. The van der Waals surface area contributed by atoms with E-state index in [4.69, 9.17) is 49.5 Å². The summed E-state index contributed by atoms with van der Waals surface area (Å²) >= 11 is 7.02. The van der Waals surface area contributed by atoms with Gasteiger partial charge in [0.05, 0.1) is 29.4 Å². The maximum atomic E-state index is 14.2. The van der Waals surface area contributed by atoms with Crippen LogP contribution in [-0.4, -0.2) is 73.8 Å². The number of esters is 5. The highest BCUT2D eigenvalue weighted by Gasteiger charge is 2.60. The van der Waals surface area contributed by atoms with E-state index >= 15 is 0 Å². The van der Waals surface area contributed by atoms with Gasteiger partial charge in [-0.2, -0.15) is 0 Å². The summed E-state index contributed by atoms with van der Waals surface area (Å²) in [6.07, 6.45) is -6.58. The number of hydrogen-bond acceptors (Lipinski definition) is 13. The van der Waals surface area contributed by atoms with Gasteiger partial charge in [-0.3, -0.25) is 4.79 Å². The zero-order valence-electron chi connectivity index (χ0n) is 36.1. The molecule has 0 aliphatic carbocycles. The first kappa shape index (κ1) is 46.5. The van der Waals surface area contributed by atoms with E-state index in [1.165, 1.54) is 50.2 Å². The molecule has 0 radical (unpaired) electrons. The number of halogens is 1. The first-order valence-corrected chi connectivity index (χ1v) is 21.2. The van der Waals surface area contributed by atoms with Crippen molar-refractivity contribution in [2.75, 3.05) is 13.7 Å². The van der Waals surface area contributed by atoms with E-state index in [1.54, 1.807) is 116 Å². The van der Waals surface area contributed by atoms with Crippen LogP contribution in [0.1, 0.15) is 72.0 Å². The molecule has 0 spiro atoms. The molecule has 0 amide bonds. The van der Waals surface area contributed by atoms with Crippen molar-refractivity contribution >= 4 is 41.4 Å². The minimum atomic E-state index is -1.91. The summed E-state index contributed by atoms with van der Waals surface area (Å²) in [5.74, 6) is -3.16. The van der Waals surface area contributed by atoms with Crippen molar-refractivity contribution in [3.05, 3.63) is 202 Å². The Balaban J connectivity index is 1.39. The molecule has 0 bridgehead atoms. The molecule has 5 atom stereocenters. The number of hydrogen-bond donors (Lipinski definition) is 0. The first-order chi connectivity index (χ1) is 31.9. The van der Waals surface area contributed by atoms with Gasteiger partial charge in [-0.25, -0.2) is 19.2 Å². The lowest BCUT2D eigenvalue weighted by Crippen LogP contribution is -2.69. The van der Waals surface area contributed by atoms with Crippen LogP contribution in [-0.2, 0) is 46.2 Å². The zero-order valence-corrected chi connectivity index (χ0v) is 36.9. The van der Waals surface area contributed by atoms with Crippen LogP contribution in [0.3, 0.4) is 0 Å². The van der Waals surface area contributed by atoms with Crippen LogP contribution in [0, 0.1) is 0 Å². The van der Waals surface area contributed by atoms with Gasteiger partial charge in [-0.15, -0.1) is 0 Å². The number of ether oxygens (including phenoxy) is 8. The van der Waals surface area contributed by atoms with Gasteiger partial charge >= 0.3 is 29.8 Å². The third-order valence-corrected chi connectivity index (χ3v) is 10.9. The Kier molecular flexibility index (Phi) is 15.1. The van der Waals surface area contributed by atoms with Crippen molar-refractivity contribution in [3.63, 3.8) is 0 Å². The first-order valence-electron chi connectivity index (χ1n) is 20.8. The molecule has 0 aromatic heterocycles. The van der Waals surface area contributed by atoms with Crippen LogP contribution < -0.4 is 9.47 Å². The predicted octanol–water partition coefficient (Wildman–Crippen LogP) is 9.03. The quantitative estimate of drug-likeness (QED) is 0.0669. The molecule has 6 aromatic rings. The average molecular weight is 913 g/mol. The van der Waals surface area contributed by atoms with Crippen LogP contribution in [0.15, 0.2) is 158 Å². The van der Waals surface area contributed by atoms with E-state index in [9.17, 15) is 24.0 Å². The molecule has 7 rings (SSSR count). The van der Waals surface area contributed by atoms with Crippen molar-refractivity contribution in [1.82, 2.24) is 0 Å². The van der Waals surface area contributed by atoms with Gasteiger partial charge in [0, 0.05) is 23.9 Å². The van der Waals surface area contributed by atoms with Gasteiger partial charge in [0.25, 0.3) is 0 Å². The monoisotopic (exact) mass is 912 g/mol. The van der Waals surface area contributed by atoms with Gasteiger partial charge in [-0.1, -0.05) is 96.5 Å². The van der Waals surface area contributed by atoms with E-state index < -0.39 is 66.7 Å². The lowest BCUT2D eigenvalue weighted by molar-refractivity contribution is -0.310.